The molecule has 0 spiro atoms. The third-order valence-corrected chi connectivity index (χ3v) is 1.68. The molecule has 0 aromatic heterocycles. The maximum atomic E-state index is 10.5. The summed E-state index contributed by atoms with van der Waals surface area (Å²) in [4.78, 5) is 10.5. The zero-order valence-corrected chi connectivity index (χ0v) is 7.73. The molecular weight excluding hydrogens is 180 g/mol. The normalized spacial score (nSPS) is 11.4. The molecule has 1 rings (SSSR count). The van der Waals surface area contributed by atoms with Crippen LogP contribution in [0.4, 0.5) is 0 Å². The Hall–Kier alpha value is -1.95. The highest BCUT2D eigenvalue weighted by Crippen LogP contribution is 2.13. The van der Waals surface area contributed by atoms with Gasteiger partial charge < -0.3 is 9.84 Å². The van der Waals surface area contributed by atoms with E-state index in [1.807, 2.05) is 0 Å². The highest BCUT2D eigenvalue weighted by Gasteiger charge is 2.11. The lowest BCUT2D eigenvalue weighted by Crippen LogP contribution is -2.22. The molecule has 0 fully saturated rings. The van der Waals surface area contributed by atoms with E-state index < -0.39 is 12.1 Å². The minimum absolute atomic E-state index is 0.499. The number of rotatable bonds is 3. The Morgan fingerprint density at radius 1 is 1.50 bits per heavy atom. The second-order valence-corrected chi connectivity index (χ2v) is 2.77. The number of terminal acetylenes is 1. The van der Waals surface area contributed by atoms with Gasteiger partial charge in [0.1, 0.15) is 5.75 Å². The number of aliphatic carboxylic acids is 1. The number of hydrogen-bond acceptors (Lipinski definition) is 2. The Bertz CT molecular complexity index is 359. The first-order valence-corrected chi connectivity index (χ1v) is 4.09. The second kappa shape index (κ2) is 4.33. The minimum atomic E-state index is -0.994. The molecule has 3 nitrogen and oxygen atoms in total. The summed E-state index contributed by atoms with van der Waals surface area (Å²) in [7, 11) is 0. The molecular formula is C11H10O3. The Balaban J connectivity index is 2.70. The number of benzene rings is 1. The molecule has 0 saturated carbocycles. The Morgan fingerprint density at radius 3 is 2.50 bits per heavy atom. The molecule has 72 valence electrons. The van der Waals surface area contributed by atoms with Crippen LogP contribution in [0.1, 0.15) is 12.5 Å². The lowest BCUT2D eigenvalue weighted by molar-refractivity contribution is -0.144. The van der Waals surface area contributed by atoms with E-state index >= 15 is 0 Å². The van der Waals surface area contributed by atoms with Gasteiger partial charge >= 0.3 is 5.97 Å². The topological polar surface area (TPSA) is 46.5 Å². The van der Waals surface area contributed by atoms with Crippen LogP contribution in [0.2, 0.25) is 0 Å². The highest BCUT2D eigenvalue weighted by molar-refractivity contribution is 5.72. The van der Waals surface area contributed by atoms with Crippen LogP contribution in [0.3, 0.4) is 0 Å². The van der Waals surface area contributed by atoms with E-state index in [9.17, 15) is 4.79 Å². The fourth-order valence-corrected chi connectivity index (χ4v) is 0.884. The standard InChI is InChI=1S/C11H10O3/c1-3-9-4-6-10(7-5-9)14-8(2)11(12)13/h1,4-8H,2H3,(H,12,13)/t8-/m0/s1. The quantitative estimate of drug-likeness (QED) is 0.735. The first kappa shape index (κ1) is 10.1. The van der Waals surface area contributed by atoms with Crippen molar-refractivity contribution >= 4 is 5.97 Å². The van der Waals surface area contributed by atoms with Crippen LogP contribution in [-0.2, 0) is 4.79 Å². The summed E-state index contributed by atoms with van der Waals surface area (Å²) in [5, 5.41) is 8.59. The lowest BCUT2D eigenvalue weighted by atomic mass is 10.2. The van der Waals surface area contributed by atoms with Crippen molar-refractivity contribution in [2.45, 2.75) is 13.0 Å². The average Bonchev–Trinajstić information content (AvgIpc) is 2.19. The van der Waals surface area contributed by atoms with Crippen molar-refractivity contribution < 1.29 is 14.6 Å². The van der Waals surface area contributed by atoms with Crippen LogP contribution < -0.4 is 4.74 Å². The number of hydrogen-bond donors (Lipinski definition) is 1. The van der Waals surface area contributed by atoms with E-state index in [2.05, 4.69) is 5.92 Å². The molecule has 0 aliphatic carbocycles. The monoisotopic (exact) mass is 190 g/mol. The molecule has 0 saturated heterocycles. The summed E-state index contributed by atoms with van der Waals surface area (Å²) in [6, 6.07) is 6.69. The van der Waals surface area contributed by atoms with Crippen LogP contribution >= 0.6 is 0 Å². The fourth-order valence-electron chi connectivity index (χ4n) is 0.884. The predicted molar refractivity (Wildman–Crippen MR) is 52.1 cm³/mol. The van der Waals surface area contributed by atoms with Gasteiger partial charge in [-0.05, 0) is 31.2 Å². The maximum Gasteiger partial charge on any atom is 0.344 e. The number of carboxylic acid groups (broad SMARTS) is 1. The summed E-state index contributed by atoms with van der Waals surface area (Å²) in [5.41, 5.74) is 0.736. The van der Waals surface area contributed by atoms with Gasteiger partial charge in [-0.15, -0.1) is 6.42 Å². The van der Waals surface area contributed by atoms with Gasteiger partial charge in [-0.2, -0.15) is 0 Å². The summed E-state index contributed by atoms with van der Waals surface area (Å²) < 4.78 is 5.11. The average molecular weight is 190 g/mol. The molecule has 0 amide bonds. The van der Waals surface area contributed by atoms with E-state index in [4.69, 9.17) is 16.3 Å². The summed E-state index contributed by atoms with van der Waals surface area (Å²) in [6.45, 7) is 1.47. The third kappa shape index (κ3) is 2.53. The maximum absolute atomic E-state index is 10.5. The van der Waals surface area contributed by atoms with Crippen molar-refractivity contribution in [3.63, 3.8) is 0 Å². The summed E-state index contributed by atoms with van der Waals surface area (Å²) in [5.74, 6) is 1.96. The van der Waals surface area contributed by atoms with Crippen molar-refractivity contribution in [2.75, 3.05) is 0 Å². The molecule has 1 atom stereocenters. The van der Waals surface area contributed by atoms with Crippen LogP contribution in [0.5, 0.6) is 5.75 Å². The molecule has 0 bridgehead atoms. The smallest absolute Gasteiger partial charge is 0.344 e. The molecule has 3 heteroatoms. The number of carboxylic acids is 1. The van der Waals surface area contributed by atoms with Crippen LogP contribution in [-0.4, -0.2) is 17.2 Å². The van der Waals surface area contributed by atoms with E-state index in [1.165, 1.54) is 6.92 Å². The molecule has 0 heterocycles. The molecule has 1 N–H and O–H groups in total. The van der Waals surface area contributed by atoms with Gasteiger partial charge in [0, 0.05) is 5.56 Å². The molecule has 0 unspecified atom stereocenters. The largest absolute Gasteiger partial charge is 0.479 e. The van der Waals surface area contributed by atoms with E-state index in [-0.39, 0.29) is 0 Å². The molecule has 1 aromatic rings. The number of carbonyl (C=O) groups is 1. The second-order valence-electron chi connectivity index (χ2n) is 2.77. The lowest BCUT2D eigenvalue weighted by Gasteiger charge is -2.09. The Morgan fingerprint density at radius 2 is 2.07 bits per heavy atom. The van der Waals surface area contributed by atoms with E-state index in [0.717, 1.165) is 5.56 Å². The zero-order chi connectivity index (χ0) is 10.6. The van der Waals surface area contributed by atoms with E-state index in [0.29, 0.717) is 5.75 Å². The molecule has 0 aliphatic rings. The summed E-state index contributed by atoms with van der Waals surface area (Å²) >= 11 is 0. The van der Waals surface area contributed by atoms with Crippen molar-refractivity contribution in [1.82, 2.24) is 0 Å². The highest BCUT2D eigenvalue weighted by atomic mass is 16.5. The molecule has 0 aliphatic heterocycles. The molecule has 14 heavy (non-hydrogen) atoms. The van der Waals surface area contributed by atoms with Gasteiger partial charge in [0.25, 0.3) is 0 Å². The van der Waals surface area contributed by atoms with Gasteiger partial charge in [0.2, 0.25) is 0 Å². The zero-order valence-electron chi connectivity index (χ0n) is 7.73. The third-order valence-electron chi connectivity index (χ3n) is 1.68. The van der Waals surface area contributed by atoms with Gasteiger partial charge in [-0.3, -0.25) is 0 Å². The Kier molecular flexibility index (Phi) is 3.14. The van der Waals surface area contributed by atoms with Crippen molar-refractivity contribution in [3.8, 4) is 18.1 Å². The Labute approximate surface area is 82.3 Å². The van der Waals surface area contributed by atoms with Crippen molar-refractivity contribution in [3.05, 3.63) is 29.8 Å². The van der Waals surface area contributed by atoms with Crippen LogP contribution in [0.25, 0.3) is 0 Å². The van der Waals surface area contributed by atoms with Gasteiger partial charge in [0.15, 0.2) is 6.10 Å². The molecule has 1 aromatic carbocycles. The van der Waals surface area contributed by atoms with Crippen molar-refractivity contribution in [2.24, 2.45) is 0 Å². The SMILES string of the molecule is C#Cc1ccc(O[C@@H](C)C(=O)O)cc1. The fraction of sp³-hybridized carbons (Fsp3) is 0.182. The number of ether oxygens (including phenoxy) is 1. The van der Waals surface area contributed by atoms with Crippen molar-refractivity contribution in [1.29, 1.82) is 0 Å². The van der Waals surface area contributed by atoms with Gasteiger partial charge in [0.05, 0.1) is 0 Å². The molecule has 0 radical (unpaired) electrons. The van der Waals surface area contributed by atoms with Gasteiger partial charge in [-0.25, -0.2) is 4.79 Å². The predicted octanol–water partition coefficient (Wildman–Crippen LogP) is 1.52. The van der Waals surface area contributed by atoms with Gasteiger partial charge in [-0.1, -0.05) is 5.92 Å². The van der Waals surface area contributed by atoms with Crippen LogP contribution in [0.15, 0.2) is 24.3 Å². The minimum Gasteiger partial charge on any atom is -0.479 e. The van der Waals surface area contributed by atoms with E-state index in [1.54, 1.807) is 24.3 Å². The first-order chi connectivity index (χ1) is 6.63. The van der Waals surface area contributed by atoms with Crippen LogP contribution in [0, 0.1) is 12.3 Å². The summed E-state index contributed by atoms with van der Waals surface area (Å²) in [6.07, 6.45) is 4.31. The first-order valence-electron chi connectivity index (χ1n) is 4.09.